The molecule has 2 heterocycles. The van der Waals surface area contributed by atoms with E-state index in [-0.39, 0.29) is 12.2 Å². The van der Waals surface area contributed by atoms with E-state index < -0.39 is 0 Å². The van der Waals surface area contributed by atoms with Gasteiger partial charge in [0.05, 0.1) is 23.8 Å². The SMILES string of the molecule is CC1CN(c2nc(CCl)cs2)CC(C)O1. The second-order valence-electron chi connectivity index (χ2n) is 3.92. The lowest BCUT2D eigenvalue weighted by Gasteiger charge is -2.35. The molecule has 0 radical (unpaired) electrons. The molecule has 0 amide bonds. The van der Waals surface area contributed by atoms with Crippen molar-refractivity contribution >= 4 is 28.1 Å². The summed E-state index contributed by atoms with van der Waals surface area (Å²) >= 11 is 7.40. The highest BCUT2D eigenvalue weighted by Crippen LogP contribution is 2.24. The number of halogens is 1. The Hall–Kier alpha value is -0.320. The van der Waals surface area contributed by atoms with Gasteiger partial charge in [-0.15, -0.1) is 22.9 Å². The molecular weight excluding hydrogens is 232 g/mol. The number of rotatable bonds is 2. The zero-order valence-electron chi connectivity index (χ0n) is 8.94. The minimum atomic E-state index is 0.275. The number of alkyl halides is 1. The zero-order chi connectivity index (χ0) is 10.8. The molecule has 0 aliphatic carbocycles. The van der Waals surface area contributed by atoms with E-state index in [1.165, 1.54) is 0 Å². The molecule has 2 rings (SSSR count). The molecule has 1 saturated heterocycles. The van der Waals surface area contributed by atoms with Gasteiger partial charge in [-0.05, 0) is 13.8 Å². The van der Waals surface area contributed by atoms with Crippen molar-refractivity contribution in [3.8, 4) is 0 Å². The van der Waals surface area contributed by atoms with E-state index in [1.807, 2.05) is 5.38 Å². The lowest BCUT2D eigenvalue weighted by Crippen LogP contribution is -2.45. The lowest BCUT2D eigenvalue weighted by molar-refractivity contribution is -0.00523. The Morgan fingerprint density at radius 3 is 2.73 bits per heavy atom. The van der Waals surface area contributed by atoms with Crippen molar-refractivity contribution in [2.24, 2.45) is 0 Å². The Kier molecular flexibility index (Phi) is 3.49. The molecule has 3 nitrogen and oxygen atoms in total. The van der Waals surface area contributed by atoms with Gasteiger partial charge in [0.1, 0.15) is 0 Å². The summed E-state index contributed by atoms with van der Waals surface area (Å²) in [7, 11) is 0. The molecular formula is C10H15ClN2OS. The Morgan fingerprint density at radius 2 is 2.20 bits per heavy atom. The van der Waals surface area contributed by atoms with Gasteiger partial charge in [-0.3, -0.25) is 0 Å². The van der Waals surface area contributed by atoms with Gasteiger partial charge in [-0.2, -0.15) is 0 Å². The number of hydrogen-bond acceptors (Lipinski definition) is 4. The van der Waals surface area contributed by atoms with Crippen molar-refractivity contribution in [3.63, 3.8) is 0 Å². The van der Waals surface area contributed by atoms with Crippen molar-refractivity contribution in [3.05, 3.63) is 11.1 Å². The number of thiazole rings is 1. The minimum Gasteiger partial charge on any atom is -0.372 e. The molecule has 1 fully saturated rings. The number of anilines is 1. The highest BCUT2D eigenvalue weighted by Gasteiger charge is 2.23. The molecule has 1 aromatic heterocycles. The van der Waals surface area contributed by atoms with E-state index in [4.69, 9.17) is 16.3 Å². The summed E-state index contributed by atoms with van der Waals surface area (Å²) < 4.78 is 5.68. The van der Waals surface area contributed by atoms with E-state index in [0.717, 1.165) is 23.9 Å². The van der Waals surface area contributed by atoms with Crippen LogP contribution < -0.4 is 4.90 Å². The van der Waals surface area contributed by atoms with Crippen LogP contribution in [0.2, 0.25) is 0 Å². The van der Waals surface area contributed by atoms with E-state index >= 15 is 0 Å². The first-order chi connectivity index (χ1) is 7.19. The van der Waals surface area contributed by atoms with Crippen molar-refractivity contribution in [2.45, 2.75) is 31.9 Å². The summed E-state index contributed by atoms with van der Waals surface area (Å²) in [5.41, 5.74) is 0.962. The van der Waals surface area contributed by atoms with Crippen molar-refractivity contribution in [1.82, 2.24) is 4.98 Å². The standard InChI is InChI=1S/C10H15ClN2OS/c1-7-4-13(5-8(2)14-7)10-12-9(3-11)6-15-10/h6-8H,3-5H2,1-2H3. The molecule has 1 aromatic rings. The van der Waals surface area contributed by atoms with Crippen LogP contribution in [-0.2, 0) is 10.6 Å². The van der Waals surface area contributed by atoms with Crippen LogP contribution >= 0.6 is 22.9 Å². The van der Waals surface area contributed by atoms with E-state index in [1.54, 1.807) is 11.3 Å². The van der Waals surface area contributed by atoms with Gasteiger partial charge in [0.2, 0.25) is 0 Å². The minimum absolute atomic E-state index is 0.275. The first kappa shape index (κ1) is 11.2. The van der Waals surface area contributed by atoms with Crippen molar-refractivity contribution < 1.29 is 4.74 Å². The predicted molar refractivity (Wildman–Crippen MR) is 63.9 cm³/mol. The highest BCUT2D eigenvalue weighted by molar-refractivity contribution is 7.13. The van der Waals surface area contributed by atoms with Crippen molar-refractivity contribution in [1.29, 1.82) is 0 Å². The fourth-order valence-corrected chi connectivity index (χ4v) is 2.91. The second kappa shape index (κ2) is 4.68. The van der Waals surface area contributed by atoms with Gasteiger partial charge in [0, 0.05) is 18.5 Å². The van der Waals surface area contributed by atoms with Crippen LogP contribution in [0.5, 0.6) is 0 Å². The fraction of sp³-hybridized carbons (Fsp3) is 0.700. The van der Waals surface area contributed by atoms with Crippen LogP contribution in [0.1, 0.15) is 19.5 Å². The molecule has 15 heavy (non-hydrogen) atoms. The smallest absolute Gasteiger partial charge is 0.185 e. The van der Waals surface area contributed by atoms with Gasteiger partial charge in [-0.1, -0.05) is 0 Å². The molecule has 0 spiro atoms. The van der Waals surface area contributed by atoms with Gasteiger partial charge < -0.3 is 9.64 Å². The maximum absolute atomic E-state index is 5.74. The molecule has 5 heteroatoms. The van der Waals surface area contributed by atoms with Crippen LogP contribution in [0, 0.1) is 0 Å². The Balaban J connectivity index is 2.09. The van der Waals surface area contributed by atoms with E-state index in [0.29, 0.717) is 5.88 Å². The third-order valence-electron chi connectivity index (χ3n) is 2.37. The third-order valence-corrected chi connectivity index (χ3v) is 3.59. The quantitative estimate of drug-likeness (QED) is 0.750. The summed E-state index contributed by atoms with van der Waals surface area (Å²) in [6.45, 7) is 6.02. The molecule has 84 valence electrons. The predicted octanol–water partition coefficient (Wildman–Crippen LogP) is 2.50. The maximum atomic E-state index is 5.74. The van der Waals surface area contributed by atoms with Gasteiger partial charge in [0.25, 0.3) is 0 Å². The molecule has 0 bridgehead atoms. The molecule has 0 saturated carbocycles. The Labute approximate surface area is 99.0 Å². The van der Waals surface area contributed by atoms with Crippen LogP contribution in [0.25, 0.3) is 0 Å². The topological polar surface area (TPSA) is 25.4 Å². The highest BCUT2D eigenvalue weighted by atomic mass is 35.5. The normalized spacial score (nSPS) is 27.0. The second-order valence-corrected chi connectivity index (χ2v) is 5.02. The average Bonchev–Trinajstić information content (AvgIpc) is 2.64. The summed E-state index contributed by atoms with van der Waals surface area (Å²) in [6, 6.07) is 0. The van der Waals surface area contributed by atoms with E-state index in [2.05, 4.69) is 23.7 Å². The number of aromatic nitrogens is 1. The molecule has 0 aromatic carbocycles. The zero-order valence-corrected chi connectivity index (χ0v) is 10.5. The number of nitrogens with zero attached hydrogens (tertiary/aromatic N) is 2. The van der Waals surface area contributed by atoms with Crippen molar-refractivity contribution in [2.75, 3.05) is 18.0 Å². The molecule has 1 aliphatic rings. The van der Waals surface area contributed by atoms with Crippen LogP contribution in [0.4, 0.5) is 5.13 Å². The maximum Gasteiger partial charge on any atom is 0.185 e. The number of hydrogen-bond donors (Lipinski definition) is 0. The third kappa shape index (κ3) is 2.62. The lowest BCUT2D eigenvalue weighted by atomic mass is 10.2. The molecule has 2 atom stereocenters. The first-order valence-corrected chi connectivity index (χ1v) is 6.51. The van der Waals surface area contributed by atoms with Gasteiger partial charge >= 0.3 is 0 Å². The molecule has 1 aliphatic heterocycles. The fourth-order valence-electron chi connectivity index (χ4n) is 1.84. The van der Waals surface area contributed by atoms with Gasteiger partial charge in [-0.25, -0.2) is 4.98 Å². The van der Waals surface area contributed by atoms with E-state index in [9.17, 15) is 0 Å². The number of ether oxygens (including phenoxy) is 1. The summed E-state index contributed by atoms with van der Waals surface area (Å²) in [5, 5.41) is 3.08. The summed E-state index contributed by atoms with van der Waals surface area (Å²) in [4.78, 5) is 6.76. The van der Waals surface area contributed by atoms with Gasteiger partial charge in [0.15, 0.2) is 5.13 Å². The molecule has 2 unspecified atom stereocenters. The van der Waals surface area contributed by atoms with Crippen LogP contribution in [0.3, 0.4) is 0 Å². The van der Waals surface area contributed by atoms with Crippen LogP contribution in [0.15, 0.2) is 5.38 Å². The average molecular weight is 247 g/mol. The molecule has 0 N–H and O–H groups in total. The Morgan fingerprint density at radius 1 is 1.53 bits per heavy atom. The summed E-state index contributed by atoms with van der Waals surface area (Å²) in [6.07, 6.45) is 0.550. The van der Waals surface area contributed by atoms with Crippen LogP contribution in [-0.4, -0.2) is 30.3 Å². The number of morpholine rings is 1. The first-order valence-electron chi connectivity index (χ1n) is 5.10. The monoisotopic (exact) mass is 246 g/mol. The summed E-state index contributed by atoms with van der Waals surface area (Å²) in [5.74, 6) is 0.492. The largest absolute Gasteiger partial charge is 0.372 e. The Bertz CT molecular complexity index is 321.